The number of aryl methyl sites for hydroxylation is 1. The van der Waals surface area contributed by atoms with Crippen molar-refractivity contribution in [2.24, 2.45) is 17.6 Å². The second-order valence-electron chi connectivity index (χ2n) is 5.92. The monoisotopic (exact) mass is 285 g/mol. The summed E-state index contributed by atoms with van der Waals surface area (Å²) in [5.74, 6) is 1.45. The highest BCUT2D eigenvalue weighted by Gasteiger charge is 2.41. The first-order valence-electron chi connectivity index (χ1n) is 6.91. The molecule has 2 aliphatic rings. The normalized spacial score (nSPS) is 27.1. The number of rotatable bonds is 2. The van der Waals surface area contributed by atoms with Crippen LogP contribution in [0.3, 0.4) is 0 Å². The summed E-state index contributed by atoms with van der Waals surface area (Å²) in [5, 5.41) is 0. The highest BCUT2D eigenvalue weighted by atomic mass is 19.4. The zero-order valence-electron chi connectivity index (χ0n) is 11.3. The third-order valence-corrected chi connectivity index (χ3v) is 4.23. The fraction of sp³-hybridized carbons (Fsp3) is 0.643. The van der Waals surface area contributed by atoms with E-state index in [9.17, 15) is 13.2 Å². The molecule has 2 fully saturated rings. The van der Waals surface area contributed by atoms with Gasteiger partial charge in [-0.15, -0.1) is 0 Å². The summed E-state index contributed by atoms with van der Waals surface area (Å²) in [7, 11) is 0. The van der Waals surface area contributed by atoms with Gasteiger partial charge in [-0.05, 0) is 43.7 Å². The van der Waals surface area contributed by atoms with E-state index in [0.29, 0.717) is 29.9 Å². The number of hydrogen-bond donors (Lipinski definition) is 1. The van der Waals surface area contributed by atoms with Gasteiger partial charge in [0.05, 0.1) is 5.56 Å². The summed E-state index contributed by atoms with van der Waals surface area (Å²) >= 11 is 0. The summed E-state index contributed by atoms with van der Waals surface area (Å²) < 4.78 is 38.6. The molecule has 0 radical (unpaired) electrons. The van der Waals surface area contributed by atoms with Crippen LogP contribution in [-0.4, -0.2) is 24.1 Å². The van der Waals surface area contributed by atoms with Crippen molar-refractivity contribution in [1.29, 1.82) is 0 Å². The fourth-order valence-electron chi connectivity index (χ4n) is 3.04. The molecule has 0 amide bonds. The van der Waals surface area contributed by atoms with Crippen molar-refractivity contribution in [3.63, 3.8) is 0 Å². The lowest BCUT2D eigenvalue weighted by Crippen LogP contribution is -2.30. The van der Waals surface area contributed by atoms with Crippen LogP contribution in [0.5, 0.6) is 0 Å². The van der Waals surface area contributed by atoms with E-state index in [1.165, 1.54) is 12.8 Å². The Kier molecular flexibility index (Phi) is 3.16. The van der Waals surface area contributed by atoms with Gasteiger partial charge in [0.15, 0.2) is 0 Å². The van der Waals surface area contributed by atoms with Crippen LogP contribution in [-0.2, 0) is 6.18 Å². The van der Waals surface area contributed by atoms with Crippen LogP contribution in [0, 0.1) is 18.8 Å². The van der Waals surface area contributed by atoms with Crippen LogP contribution in [0.2, 0.25) is 0 Å². The van der Waals surface area contributed by atoms with Crippen LogP contribution in [0.25, 0.3) is 0 Å². The number of hydrogen-bond acceptors (Lipinski definition) is 3. The van der Waals surface area contributed by atoms with Gasteiger partial charge in [-0.2, -0.15) is 13.2 Å². The molecular formula is C14H18F3N3. The molecule has 1 saturated carbocycles. The molecule has 3 nitrogen and oxygen atoms in total. The zero-order chi connectivity index (χ0) is 14.5. The van der Waals surface area contributed by atoms with Gasteiger partial charge in [-0.1, -0.05) is 0 Å². The number of halogens is 3. The standard InChI is InChI=1S/C14H18F3N3/c1-8-4-10(14(15,16)17)5-13(19-8)20-6-11(9-2-3-9)12(18)7-20/h4-5,9,11-12H,2-3,6-7,18H2,1H3/t11-,12+/m1/s1. The summed E-state index contributed by atoms with van der Waals surface area (Å²) in [4.78, 5) is 6.15. The van der Waals surface area contributed by atoms with Crippen molar-refractivity contribution >= 4 is 5.82 Å². The lowest BCUT2D eigenvalue weighted by molar-refractivity contribution is -0.137. The predicted octanol–water partition coefficient (Wildman–Crippen LogP) is 2.58. The number of alkyl halides is 3. The van der Waals surface area contributed by atoms with Crippen molar-refractivity contribution in [3.8, 4) is 0 Å². The second-order valence-corrected chi connectivity index (χ2v) is 5.92. The molecule has 1 aliphatic carbocycles. The predicted molar refractivity (Wildman–Crippen MR) is 70.4 cm³/mol. The lowest BCUT2D eigenvalue weighted by Gasteiger charge is -2.19. The quantitative estimate of drug-likeness (QED) is 0.908. The largest absolute Gasteiger partial charge is 0.416 e. The Morgan fingerprint density at radius 1 is 1.25 bits per heavy atom. The van der Waals surface area contributed by atoms with Gasteiger partial charge in [-0.3, -0.25) is 0 Å². The molecule has 3 rings (SSSR count). The molecule has 6 heteroatoms. The van der Waals surface area contributed by atoms with Crippen molar-refractivity contribution < 1.29 is 13.2 Å². The maximum absolute atomic E-state index is 12.9. The topological polar surface area (TPSA) is 42.1 Å². The third-order valence-electron chi connectivity index (χ3n) is 4.23. The number of pyridine rings is 1. The molecule has 0 spiro atoms. The van der Waals surface area contributed by atoms with Gasteiger partial charge >= 0.3 is 6.18 Å². The van der Waals surface area contributed by atoms with E-state index in [4.69, 9.17) is 5.73 Å². The van der Waals surface area contributed by atoms with E-state index in [0.717, 1.165) is 18.7 Å². The average Bonchev–Trinajstić information content (AvgIpc) is 3.11. The maximum Gasteiger partial charge on any atom is 0.416 e. The van der Waals surface area contributed by atoms with Crippen LogP contribution in [0.1, 0.15) is 24.1 Å². The summed E-state index contributed by atoms with van der Waals surface area (Å²) in [6, 6.07) is 2.26. The van der Waals surface area contributed by atoms with E-state index >= 15 is 0 Å². The minimum atomic E-state index is -4.33. The SMILES string of the molecule is Cc1cc(C(F)(F)F)cc(N2C[C@H](C3CC3)[C@@H](N)C2)n1. The molecular weight excluding hydrogens is 267 g/mol. The van der Waals surface area contributed by atoms with Crippen molar-refractivity contribution in [3.05, 3.63) is 23.4 Å². The van der Waals surface area contributed by atoms with Crippen molar-refractivity contribution in [2.45, 2.75) is 32.0 Å². The first-order chi connectivity index (χ1) is 9.34. The minimum Gasteiger partial charge on any atom is -0.355 e. The van der Waals surface area contributed by atoms with E-state index in [-0.39, 0.29) is 6.04 Å². The van der Waals surface area contributed by atoms with Crippen LogP contribution in [0.4, 0.5) is 19.0 Å². The van der Waals surface area contributed by atoms with Gasteiger partial charge in [0, 0.05) is 24.8 Å². The molecule has 1 saturated heterocycles. The summed E-state index contributed by atoms with van der Waals surface area (Å²) in [5.41, 5.74) is 5.87. The van der Waals surface area contributed by atoms with Gasteiger partial charge in [0.25, 0.3) is 0 Å². The molecule has 20 heavy (non-hydrogen) atoms. The number of aromatic nitrogens is 1. The first-order valence-corrected chi connectivity index (χ1v) is 6.91. The summed E-state index contributed by atoms with van der Waals surface area (Å²) in [6.45, 7) is 2.90. The Morgan fingerprint density at radius 3 is 2.55 bits per heavy atom. The Hall–Kier alpha value is -1.30. The Labute approximate surface area is 116 Å². The van der Waals surface area contributed by atoms with Crippen LogP contribution in [0.15, 0.2) is 12.1 Å². The van der Waals surface area contributed by atoms with E-state index < -0.39 is 11.7 Å². The molecule has 2 heterocycles. The molecule has 2 atom stereocenters. The maximum atomic E-state index is 12.9. The third kappa shape index (κ3) is 2.61. The van der Waals surface area contributed by atoms with Gasteiger partial charge in [0.1, 0.15) is 5.82 Å². The highest BCUT2D eigenvalue weighted by molar-refractivity contribution is 5.45. The second kappa shape index (κ2) is 4.62. The van der Waals surface area contributed by atoms with E-state index in [2.05, 4.69) is 4.98 Å². The molecule has 1 aliphatic heterocycles. The Bertz CT molecular complexity index is 511. The number of anilines is 1. The minimum absolute atomic E-state index is 0.0409. The van der Waals surface area contributed by atoms with E-state index in [1.54, 1.807) is 6.92 Å². The van der Waals surface area contributed by atoms with Crippen molar-refractivity contribution in [1.82, 2.24) is 4.98 Å². The Balaban J connectivity index is 1.85. The first kappa shape index (κ1) is 13.7. The summed E-state index contributed by atoms with van der Waals surface area (Å²) in [6.07, 6.45) is -1.94. The molecule has 1 aromatic rings. The molecule has 0 bridgehead atoms. The van der Waals surface area contributed by atoms with E-state index in [1.807, 2.05) is 4.90 Å². The van der Waals surface area contributed by atoms with Crippen LogP contribution >= 0.6 is 0 Å². The highest BCUT2D eigenvalue weighted by Crippen LogP contribution is 2.42. The van der Waals surface area contributed by atoms with Crippen LogP contribution < -0.4 is 10.6 Å². The molecule has 0 aromatic carbocycles. The lowest BCUT2D eigenvalue weighted by atomic mass is 9.99. The van der Waals surface area contributed by atoms with Gasteiger partial charge in [0.2, 0.25) is 0 Å². The molecule has 110 valence electrons. The molecule has 1 aromatic heterocycles. The van der Waals surface area contributed by atoms with Gasteiger partial charge < -0.3 is 10.6 Å². The zero-order valence-corrected chi connectivity index (χ0v) is 11.3. The van der Waals surface area contributed by atoms with Crippen molar-refractivity contribution in [2.75, 3.05) is 18.0 Å². The number of nitrogens with zero attached hydrogens (tertiary/aromatic N) is 2. The van der Waals surface area contributed by atoms with Gasteiger partial charge in [-0.25, -0.2) is 4.98 Å². The smallest absolute Gasteiger partial charge is 0.355 e. The molecule has 0 unspecified atom stereocenters. The Morgan fingerprint density at radius 2 is 1.95 bits per heavy atom. The number of nitrogens with two attached hydrogens (primary N) is 1. The molecule has 2 N–H and O–H groups in total. The fourth-order valence-corrected chi connectivity index (χ4v) is 3.04. The average molecular weight is 285 g/mol.